The van der Waals surface area contributed by atoms with Gasteiger partial charge in [0.2, 0.25) is 5.91 Å². The highest BCUT2D eigenvalue weighted by atomic mass is 16.2. The number of piperazine rings is 1. The third-order valence-electron chi connectivity index (χ3n) is 5.80. The third kappa shape index (κ3) is 4.43. The van der Waals surface area contributed by atoms with Gasteiger partial charge in [0, 0.05) is 71.0 Å². The Morgan fingerprint density at radius 2 is 1.80 bits per heavy atom. The summed E-state index contributed by atoms with van der Waals surface area (Å²) >= 11 is 0. The van der Waals surface area contributed by atoms with Gasteiger partial charge in [0.05, 0.1) is 17.2 Å². The van der Waals surface area contributed by atoms with Crippen LogP contribution in [0.1, 0.15) is 19.2 Å². The summed E-state index contributed by atoms with van der Waals surface area (Å²) in [6.45, 7) is 7.57. The van der Waals surface area contributed by atoms with E-state index in [0.29, 0.717) is 23.9 Å². The van der Waals surface area contributed by atoms with Crippen molar-refractivity contribution in [1.82, 2.24) is 28.9 Å². The van der Waals surface area contributed by atoms with E-state index in [2.05, 4.69) is 26.4 Å². The van der Waals surface area contributed by atoms with Crippen LogP contribution < -0.4 is 5.56 Å². The summed E-state index contributed by atoms with van der Waals surface area (Å²) in [5.41, 5.74) is 0.590. The van der Waals surface area contributed by atoms with Crippen LogP contribution in [0.4, 0.5) is 0 Å². The smallest absolute Gasteiger partial charge is 0.261 e. The second kappa shape index (κ2) is 9.21. The maximum Gasteiger partial charge on any atom is 0.261 e. The quantitative estimate of drug-likeness (QED) is 0.591. The number of aryl methyl sites for hydroxylation is 2. The first-order valence-electron chi connectivity index (χ1n) is 10.6. The van der Waals surface area contributed by atoms with Gasteiger partial charge >= 0.3 is 0 Å². The fraction of sp³-hybridized carbons (Fsp3) is 0.455. The molecule has 1 aliphatic heterocycles. The molecule has 1 aromatic carbocycles. The Morgan fingerprint density at radius 3 is 2.60 bits per heavy atom. The normalized spacial score (nSPS) is 15.0. The number of hydrogen-bond donors (Lipinski definition) is 0. The molecule has 4 rings (SSSR count). The lowest BCUT2D eigenvalue weighted by molar-refractivity contribution is -0.133. The Bertz CT molecular complexity index is 1060. The van der Waals surface area contributed by atoms with Crippen LogP contribution in [-0.4, -0.2) is 67.5 Å². The molecule has 0 spiro atoms. The molecule has 1 fully saturated rings. The summed E-state index contributed by atoms with van der Waals surface area (Å²) < 4.78 is 3.74. The lowest BCUT2D eigenvalue weighted by Crippen LogP contribution is -2.49. The Morgan fingerprint density at radius 1 is 1.00 bits per heavy atom. The molecule has 1 amide bonds. The lowest BCUT2D eigenvalue weighted by atomic mass is 10.2. The summed E-state index contributed by atoms with van der Waals surface area (Å²) in [5, 5.41) is 0.588. The highest BCUT2D eigenvalue weighted by molar-refractivity contribution is 5.77. The number of hydrogen-bond acceptors (Lipinski definition) is 5. The maximum absolute atomic E-state index is 12.6. The van der Waals surface area contributed by atoms with Gasteiger partial charge in [-0.2, -0.15) is 0 Å². The number of carbonyl (C=O) groups excluding carboxylic acids is 1. The van der Waals surface area contributed by atoms with Gasteiger partial charge in [-0.25, -0.2) is 9.97 Å². The van der Waals surface area contributed by atoms with Gasteiger partial charge in [0.15, 0.2) is 0 Å². The standard InChI is InChI=1S/C22H28N6O2/c1-2-20-23-8-10-26(20)14-11-25-12-15-27(16-13-25)21(29)7-9-28-17-24-19-6-4-3-5-18(19)22(28)30/h3-6,8,10,17H,2,7,9,11-16H2,1H3. The minimum atomic E-state index is -0.0934. The average Bonchev–Trinajstić information content (AvgIpc) is 3.25. The van der Waals surface area contributed by atoms with E-state index < -0.39 is 0 Å². The molecule has 0 aliphatic carbocycles. The third-order valence-corrected chi connectivity index (χ3v) is 5.80. The highest BCUT2D eigenvalue weighted by Gasteiger charge is 2.21. The van der Waals surface area contributed by atoms with E-state index in [1.165, 1.54) is 10.9 Å². The van der Waals surface area contributed by atoms with Crippen molar-refractivity contribution < 1.29 is 4.79 Å². The summed E-state index contributed by atoms with van der Waals surface area (Å²) in [6, 6.07) is 7.29. The predicted molar refractivity (Wildman–Crippen MR) is 115 cm³/mol. The van der Waals surface area contributed by atoms with E-state index in [0.717, 1.165) is 51.5 Å². The van der Waals surface area contributed by atoms with E-state index >= 15 is 0 Å². The van der Waals surface area contributed by atoms with Crippen molar-refractivity contribution in [2.75, 3.05) is 32.7 Å². The van der Waals surface area contributed by atoms with Crippen LogP contribution in [0.3, 0.4) is 0 Å². The molecule has 1 saturated heterocycles. The van der Waals surface area contributed by atoms with E-state index in [4.69, 9.17) is 0 Å². The predicted octanol–water partition coefficient (Wildman–Crippen LogP) is 1.39. The molecule has 0 saturated carbocycles. The van der Waals surface area contributed by atoms with Crippen molar-refractivity contribution in [2.24, 2.45) is 0 Å². The topological polar surface area (TPSA) is 76.3 Å². The van der Waals surface area contributed by atoms with Crippen molar-refractivity contribution >= 4 is 16.8 Å². The molecule has 2 aromatic heterocycles. The number of rotatable bonds is 7. The van der Waals surface area contributed by atoms with Crippen molar-refractivity contribution in [2.45, 2.75) is 32.9 Å². The summed E-state index contributed by atoms with van der Waals surface area (Å²) in [5.74, 6) is 1.21. The molecule has 158 valence electrons. The molecule has 0 atom stereocenters. The van der Waals surface area contributed by atoms with Crippen molar-refractivity contribution in [3.05, 3.63) is 59.2 Å². The van der Waals surface area contributed by atoms with Gasteiger partial charge in [-0.05, 0) is 12.1 Å². The zero-order valence-corrected chi connectivity index (χ0v) is 17.4. The molecule has 1 aliphatic rings. The first-order valence-corrected chi connectivity index (χ1v) is 10.6. The fourth-order valence-corrected chi connectivity index (χ4v) is 3.97. The van der Waals surface area contributed by atoms with Crippen LogP contribution in [0, 0.1) is 0 Å². The molecule has 0 unspecified atom stereocenters. The molecule has 8 heteroatoms. The average molecular weight is 409 g/mol. The van der Waals surface area contributed by atoms with Crippen molar-refractivity contribution in [3.63, 3.8) is 0 Å². The minimum absolute atomic E-state index is 0.0934. The number of carbonyl (C=O) groups is 1. The second-order valence-electron chi connectivity index (χ2n) is 7.62. The molecular weight excluding hydrogens is 380 g/mol. The van der Waals surface area contributed by atoms with Crippen LogP contribution in [0.2, 0.25) is 0 Å². The number of nitrogens with zero attached hydrogens (tertiary/aromatic N) is 6. The highest BCUT2D eigenvalue weighted by Crippen LogP contribution is 2.08. The molecule has 3 aromatic rings. The molecule has 8 nitrogen and oxygen atoms in total. The molecule has 0 N–H and O–H groups in total. The molecule has 0 bridgehead atoms. The van der Waals surface area contributed by atoms with Crippen LogP contribution in [0.15, 0.2) is 47.8 Å². The first-order chi connectivity index (χ1) is 14.7. The fourth-order valence-electron chi connectivity index (χ4n) is 3.97. The Labute approximate surface area is 175 Å². The van der Waals surface area contributed by atoms with Crippen LogP contribution in [-0.2, 0) is 24.3 Å². The zero-order valence-electron chi connectivity index (χ0n) is 17.4. The summed E-state index contributed by atoms with van der Waals surface area (Å²) in [7, 11) is 0. The second-order valence-corrected chi connectivity index (χ2v) is 7.62. The number of aromatic nitrogens is 4. The number of fused-ring (bicyclic) bond motifs is 1. The van der Waals surface area contributed by atoms with Crippen LogP contribution in [0.5, 0.6) is 0 Å². The maximum atomic E-state index is 12.6. The van der Waals surface area contributed by atoms with Gasteiger partial charge in [-0.1, -0.05) is 19.1 Å². The van der Waals surface area contributed by atoms with Gasteiger partial charge in [0.25, 0.3) is 5.56 Å². The van der Waals surface area contributed by atoms with E-state index in [9.17, 15) is 9.59 Å². The molecule has 3 heterocycles. The van der Waals surface area contributed by atoms with E-state index in [1.807, 2.05) is 35.5 Å². The zero-order chi connectivity index (χ0) is 20.9. The number of amides is 1. The van der Waals surface area contributed by atoms with Crippen molar-refractivity contribution in [1.29, 1.82) is 0 Å². The minimum Gasteiger partial charge on any atom is -0.340 e. The van der Waals surface area contributed by atoms with Gasteiger partial charge in [0.1, 0.15) is 5.82 Å². The molecular formula is C22H28N6O2. The lowest BCUT2D eigenvalue weighted by Gasteiger charge is -2.35. The Kier molecular flexibility index (Phi) is 6.23. The summed E-state index contributed by atoms with van der Waals surface area (Å²) in [6.07, 6.45) is 6.67. The Balaban J connectivity index is 1.26. The number of para-hydroxylation sites is 1. The van der Waals surface area contributed by atoms with Gasteiger partial charge < -0.3 is 9.47 Å². The number of imidazole rings is 1. The largest absolute Gasteiger partial charge is 0.340 e. The van der Waals surface area contributed by atoms with Gasteiger partial charge in [-0.15, -0.1) is 0 Å². The first kappa shape index (κ1) is 20.3. The monoisotopic (exact) mass is 408 g/mol. The van der Waals surface area contributed by atoms with E-state index in [-0.39, 0.29) is 11.5 Å². The van der Waals surface area contributed by atoms with E-state index in [1.54, 1.807) is 6.07 Å². The van der Waals surface area contributed by atoms with Crippen molar-refractivity contribution in [3.8, 4) is 0 Å². The molecule has 30 heavy (non-hydrogen) atoms. The number of benzene rings is 1. The SMILES string of the molecule is CCc1nccn1CCN1CCN(C(=O)CCn2cnc3ccccc3c2=O)CC1. The summed E-state index contributed by atoms with van der Waals surface area (Å²) in [4.78, 5) is 38.2. The Hall–Kier alpha value is -3.00. The van der Waals surface area contributed by atoms with Crippen LogP contribution >= 0.6 is 0 Å². The van der Waals surface area contributed by atoms with Gasteiger partial charge in [-0.3, -0.25) is 19.1 Å². The van der Waals surface area contributed by atoms with Crippen LogP contribution in [0.25, 0.3) is 10.9 Å². The molecule has 0 radical (unpaired) electrons.